The summed E-state index contributed by atoms with van der Waals surface area (Å²) in [7, 11) is 1.61. The summed E-state index contributed by atoms with van der Waals surface area (Å²) in [6, 6.07) is 8.73. The largest absolute Gasteiger partial charge is 0.481 e. The lowest BCUT2D eigenvalue weighted by Gasteiger charge is -2.28. The molecule has 108 valence electrons. The first-order valence-electron chi connectivity index (χ1n) is 6.70. The van der Waals surface area contributed by atoms with Crippen molar-refractivity contribution in [3.63, 3.8) is 0 Å². The van der Waals surface area contributed by atoms with E-state index in [2.05, 4.69) is 0 Å². The number of carbonyl (C=O) groups is 2. The smallest absolute Gasteiger partial charge is 0.307 e. The van der Waals surface area contributed by atoms with Gasteiger partial charge in [-0.15, -0.1) is 0 Å². The molecule has 0 saturated heterocycles. The van der Waals surface area contributed by atoms with E-state index in [0.717, 1.165) is 0 Å². The van der Waals surface area contributed by atoms with Gasteiger partial charge in [-0.2, -0.15) is 5.26 Å². The molecule has 0 aromatic heterocycles. The van der Waals surface area contributed by atoms with Gasteiger partial charge in [0.05, 0.1) is 23.5 Å². The first-order chi connectivity index (χ1) is 10.0. The highest BCUT2D eigenvalue weighted by atomic mass is 16.4. The fourth-order valence-electron chi connectivity index (χ4n) is 2.52. The van der Waals surface area contributed by atoms with Gasteiger partial charge in [0, 0.05) is 12.7 Å². The van der Waals surface area contributed by atoms with E-state index < -0.39 is 17.8 Å². The zero-order chi connectivity index (χ0) is 15.4. The summed E-state index contributed by atoms with van der Waals surface area (Å²) in [5.74, 6) is -2.44. The van der Waals surface area contributed by atoms with Gasteiger partial charge in [0.2, 0.25) is 5.91 Å². The van der Waals surface area contributed by atoms with Gasteiger partial charge >= 0.3 is 5.97 Å². The average Bonchev–Trinajstić information content (AvgIpc) is 2.53. The predicted octanol–water partition coefficient (Wildman–Crippen LogP) is 2.19. The Kier molecular flexibility index (Phi) is 4.39. The minimum Gasteiger partial charge on any atom is -0.481 e. The van der Waals surface area contributed by atoms with Gasteiger partial charge < -0.3 is 10.0 Å². The Morgan fingerprint density at radius 2 is 1.95 bits per heavy atom. The third-order valence-corrected chi connectivity index (χ3v) is 3.76. The number of amides is 1. The summed E-state index contributed by atoms with van der Waals surface area (Å²) in [5, 5.41) is 18.2. The second-order valence-electron chi connectivity index (χ2n) is 5.05. The third kappa shape index (κ3) is 3.11. The van der Waals surface area contributed by atoms with E-state index in [1.165, 1.54) is 4.90 Å². The van der Waals surface area contributed by atoms with Gasteiger partial charge in [0.15, 0.2) is 0 Å². The molecule has 2 unspecified atom stereocenters. The summed E-state index contributed by atoms with van der Waals surface area (Å²) in [6.45, 7) is 0. The number of anilines is 1. The summed E-state index contributed by atoms with van der Waals surface area (Å²) in [6.07, 6.45) is 4.45. The molecule has 0 fully saturated rings. The molecule has 5 nitrogen and oxygen atoms in total. The van der Waals surface area contributed by atoms with Crippen molar-refractivity contribution in [2.45, 2.75) is 12.8 Å². The lowest BCUT2D eigenvalue weighted by Crippen LogP contribution is -2.40. The maximum atomic E-state index is 12.6. The zero-order valence-electron chi connectivity index (χ0n) is 11.7. The van der Waals surface area contributed by atoms with Gasteiger partial charge in [-0.05, 0) is 31.0 Å². The number of nitriles is 1. The van der Waals surface area contributed by atoms with Crippen LogP contribution < -0.4 is 4.90 Å². The van der Waals surface area contributed by atoms with Crippen LogP contribution in [0.3, 0.4) is 0 Å². The molecule has 1 amide bonds. The molecule has 0 aliphatic heterocycles. The molecule has 0 saturated carbocycles. The number of rotatable bonds is 3. The number of carboxylic acids is 1. The number of carboxylic acid groups (broad SMARTS) is 1. The highest BCUT2D eigenvalue weighted by molar-refractivity contribution is 5.97. The van der Waals surface area contributed by atoms with Gasteiger partial charge in [0.25, 0.3) is 0 Å². The highest BCUT2D eigenvalue weighted by Crippen LogP contribution is 2.29. The Hall–Kier alpha value is -2.61. The summed E-state index contributed by atoms with van der Waals surface area (Å²) in [5.41, 5.74) is 1.06. The quantitative estimate of drug-likeness (QED) is 0.863. The number of hydrogen-bond acceptors (Lipinski definition) is 3. The molecular weight excluding hydrogens is 268 g/mol. The molecule has 0 radical (unpaired) electrons. The third-order valence-electron chi connectivity index (χ3n) is 3.76. The monoisotopic (exact) mass is 284 g/mol. The molecule has 21 heavy (non-hydrogen) atoms. The number of carbonyl (C=O) groups excluding carboxylic acids is 1. The molecule has 1 aromatic rings. The maximum absolute atomic E-state index is 12.6. The molecular formula is C16H16N2O3. The van der Waals surface area contributed by atoms with Crippen LogP contribution in [0.2, 0.25) is 0 Å². The van der Waals surface area contributed by atoms with Crippen LogP contribution >= 0.6 is 0 Å². The van der Waals surface area contributed by atoms with Gasteiger partial charge in [0.1, 0.15) is 0 Å². The van der Waals surface area contributed by atoms with Gasteiger partial charge in [-0.3, -0.25) is 9.59 Å². The van der Waals surface area contributed by atoms with Crippen molar-refractivity contribution in [3.8, 4) is 6.07 Å². The van der Waals surface area contributed by atoms with E-state index in [0.29, 0.717) is 24.1 Å². The Bertz CT molecular complexity index is 631. The molecule has 1 aliphatic rings. The minimum atomic E-state index is -0.947. The van der Waals surface area contributed by atoms with Crippen LogP contribution in [0.1, 0.15) is 18.4 Å². The minimum absolute atomic E-state index is 0.234. The summed E-state index contributed by atoms with van der Waals surface area (Å²) >= 11 is 0. The Labute approximate surface area is 123 Å². The molecule has 1 N–H and O–H groups in total. The molecule has 0 bridgehead atoms. The van der Waals surface area contributed by atoms with Crippen molar-refractivity contribution in [2.75, 3.05) is 11.9 Å². The van der Waals surface area contributed by atoms with E-state index >= 15 is 0 Å². The van der Waals surface area contributed by atoms with Crippen LogP contribution in [0, 0.1) is 23.2 Å². The zero-order valence-corrected chi connectivity index (χ0v) is 11.7. The van der Waals surface area contributed by atoms with E-state index in [-0.39, 0.29) is 5.91 Å². The van der Waals surface area contributed by atoms with Crippen LogP contribution in [-0.4, -0.2) is 24.0 Å². The maximum Gasteiger partial charge on any atom is 0.307 e. The topological polar surface area (TPSA) is 81.4 Å². The summed E-state index contributed by atoms with van der Waals surface area (Å²) < 4.78 is 0. The second kappa shape index (κ2) is 6.23. The van der Waals surface area contributed by atoms with Crippen molar-refractivity contribution in [2.24, 2.45) is 11.8 Å². The molecule has 0 heterocycles. The Balaban J connectivity index is 2.23. The number of benzene rings is 1. The number of aliphatic carboxylic acids is 1. The van der Waals surface area contributed by atoms with Crippen molar-refractivity contribution >= 4 is 17.6 Å². The lowest BCUT2D eigenvalue weighted by molar-refractivity contribution is -0.146. The van der Waals surface area contributed by atoms with Crippen molar-refractivity contribution in [3.05, 3.63) is 42.0 Å². The van der Waals surface area contributed by atoms with Crippen LogP contribution in [-0.2, 0) is 9.59 Å². The molecule has 0 spiro atoms. The van der Waals surface area contributed by atoms with Crippen LogP contribution in [0.4, 0.5) is 5.69 Å². The SMILES string of the molecule is CN(C(=O)C1CC=CCC1C(=O)O)c1cccc(C#N)c1. The highest BCUT2D eigenvalue weighted by Gasteiger charge is 2.35. The van der Waals surface area contributed by atoms with Crippen molar-refractivity contribution in [1.29, 1.82) is 5.26 Å². The predicted molar refractivity (Wildman–Crippen MR) is 77.6 cm³/mol. The number of nitrogens with zero attached hydrogens (tertiary/aromatic N) is 2. The van der Waals surface area contributed by atoms with Gasteiger partial charge in [-0.1, -0.05) is 18.2 Å². The lowest BCUT2D eigenvalue weighted by atomic mass is 9.82. The molecule has 2 atom stereocenters. The molecule has 1 aromatic carbocycles. The van der Waals surface area contributed by atoms with E-state index in [1.807, 2.05) is 12.1 Å². The van der Waals surface area contributed by atoms with Crippen molar-refractivity contribution in [1.82, 2.24) is 0 Å². The van der Waals surface area contributed by atoms with E-state index in [4.69, 9.17) is 5.26 Å². The van der Waals surface area contributed by atoms with Crippen LogP contribution in [0.15, 0.2) is 36.4 Å². The normalized spacial score (nSPS) is 20.6. The Morgan fingerprint density at radius 1 is 1.29 bits per heavy atom. The number of hydrogen-bond donors (Lipinski definition) is 1. The molecule has 1 aliphatic carbocycles. The molecule has 5 heteroatoms. The van der Waals surface area contributed by atoms with Crippen LogP contribution in [0.5, 0.6) is 0 Å². The fraction of sp³-hybridized carbons (Fsp3) is 0.312. The van der Waals surface area contributed by atoms with E-state index in [9.17, 15) is 14.7 Å². The van der Waals surface area contributed by atoms with Gasteiger partial charge in [-0.25, -0.2) is 0 Å². The fourth-order valence-corrected chi connectivity index (χ4v) is 2.52. The standard InChI is InChI=1S/C16H16N2O3/c1-18(12-6-4-5-11(9-12)10-17)15(19)13-7-2-3-8-14(13)16(20)21/h2-6,9,13-14H,7-8H2,1H3,(H,20,21). The summed E-state index contributed by atoms with van der Waals surface area (Å²) in [4.78, 5) is 25.3. The first-order valence-corrected chi connectivity index (χ1v) is 6.70. The first kappa shape index (κ1) is 14.8. The van der Waals surface area contributed by atoms with Crippen molar-refractivity contribution < 1.29 is 14.7 Å². The van der Waals surface area contributed by atoms with E-state index in [1.54, 1.807) is 37.4 Å². The second-order valence-corrected chi connectivity index (χ2v) is 5.05. The van der Waals surface area contributed by atoms with Crippen LogP contribution in [0.25, 0.3) is 0 Å². The Morgan fingerprint density at radius 3 is 2.57 bits per heavy atom. The molecule has 2 rings (SSSR count). The average molecular weight is 284 g/mol. The number of allylic oxidation sites excluding steroid dienone is 2.